The monoisotopic (exact) mass is 381 g/mol. The fraction of sp³-hybridized carbons (Fsp3) is 0.471. The molecule has 0 bridgehead atoms. The van der Waals surface area contributed by atoms with E-state index in [9.17, 15) is 13.2 Å². The molecule has 1 N–H and O–H groups in total. The Morgan fingerprint density at radius 1 is 1.20 bits per heavy atom. The summed E-state index contributed by atoms with van der Waals surface area (Å²) < 4.78 is 24.7. The molecule has 2 rings (SSSR count). The molecule has 1 aromatic heterocycles. The second kappa shape index (κ2) is 7.61. The summed E-state index contributed by atoms with van der Waals surface area (Å²) >= 11 is 1.30. The van der Waals surface area contributed by atoms with Crippen LogP contribution in [0.2, 0.25) is 0 Å². The Balaban J connectivity index is 2.23. The van der Waals surface area contributed by atoms with Crippen LogP contribution in [-0.4, -0.2) is 30.3 Å². The molecular formula is C17H23N3O3S2. The van der Waals surface area contributed by atoms with E-state index in [-0.39, 0.29) is 21.6 Å². The molecule has 0 radical (unpaired) electrons. The van der Waals surface area contributed by atoms with E-state index in [0.29, 0.717) is 11.6 Å². The summed E-state index contributed by atoms with van der Waals surface area (Å²) in [5.41, 5.74) is 0.199. The van der Waals surface area contributed by atoms with Crippen molar-refractivity contribution in [1.82, 2.24) is 10.2 Å². The molecule has 0 spiro atoms. The minimum absolute atomic E-state index is 0.00579. The van der Waals surface area contributed by atoms with Gasteiger partial charge < -0.3 is 0 Å². The van der Waals surface area contributed by atoms with Crippen molar-refractivity contribution in [1.29, 1.82) is 0 Å². The molecule has 0 aliphatic carbocycles. The Kier molecular flexibility index (Phi) is 5.95. The first-order valence-corrected chi connectivity index (χ1v) is 10.5. The highest BCUT2D eigenvalue weighted by atomic mass is 32.2. The minimum Gasteiger partial charge on any atom is -0.296 e. The van der Waals surface area contributed by atoms with Crippen LogP contribution >= 0.6 is 11.3 Å². The van der Waals surface area contributed by atoms with E-state index >= 15 is 0 Å². The average molecular weight is 382 g/mol. The summed E-state index contributed by atoms with van der Waals surface area (Å²) in [6.07, 6.45) is 1.24. The Labute approximate surface area is 152 Å². The normalized spacial score (nSPS) is 12.2. The summed E-state index contributed by atoms with van der Waals surface area (Å²) in [5, 5.41) is 11.9. The number of nitrogens with one attached hydrogen (secondary N) is 1. The Morgan fingerprint density at radius 2 is 1.88 bits per heavy atom. The zero-order chi connectivity index (χ0) is 18.7. The lowest BCUT2D eigenvalue weighted by molar-refractivity contribution is 0.102. The van der Waals surface area contributed by atoms with Gasteiger partial charge in [0.2, 0.25) is 5.13 Å². The smallest absolute Gasteiger partial charge is 0.258 e. The fourth-order valence-corrected chi connectivity index (χ4v) is 4.87. The van der Waals surface area contributed by atoms with Gasteiger partial charge in [0.05, 0.1) is 16.2 Å². The molecule has 1 amide bonds. The van der Waals surface area contributed by atoms with Gasteiger partial charge in [-0.3, -0.25) is 10.1 Å². The second-order valence-electron chi connectivity index (χ2n) is 7.01. The standard InChI is InChI=1S/C17H23N3O3S2/c1-5-10-25(22,23)13-9-7-6-8-12(13)15(21)18-16-20-19-14(24-16)11-17(2,3)4/h6-9H,5,10-11H2,1-4H3,(H,18,20,21). The molecule has 8 heteroatoms. The number of carbonyl (C=O) groups excluding carboxylic acids is 1. The first-order valence-electron chi connectivity index (χ1n) is 8.08. The number of aromatic nitrogens is 2. The molecule has 0 aliphatic heterocycles. The number of hydrogen-bond donors (Lipinski definition) is 1. The van der Waals surface area contributed by atoms with Crippen LogP contribution in [0.1, 0.15) is 49.5 Å². The van der Waals surface area contributed by atoms with Crippen LogP contribution in [0, 0.1) is 5.41 Å². The zero-order valence-electron chi connectivity index (χ0n) is 14.9. The summed E-state index contributed by atoms with van der Waals surface area (Å²) in [6, 6.07) is 6.23. The third-order valence-corrected chi connectivity index (χ3v) is 6.12. The first kappa shape index (κ1) is 19.5. The third kappa shape index (κ3) is 5.34. The van der Waals surface area contributed by atoms with Gasteiger partial charge in [-0.1, -0.05) is 51.2 Å². The van der Waals surface area contributed by atoms with Crippen LogP contribution in [0.3, 0.4) is 0 Å². The molecule has 1 heterocycles. The van der Waals surface area contributed by atoms with E-state index in [1.807, 2.05) is 0 Å². The molecule has 2 aromatic rings. The quantitative estimate of drug-likeness (QED) is 0.826. The van der Waals surface area contributed by atoms with Crippen molar-refractivity contribution in [2.75, 3.05) is 11.1 Å². The number of nitrogens with zero attached hydrogens (tertiary/aromatic N) is 2. The zero-order valence-corrected chi connectivity index (χ0v) is 16.5. The largest absolute Gasteiger partial charge is 0.296 e. The van der Waals surface area contributed by atoms with Crippen LogP contribution < -0.4 is 5.32 Å². The molecule has 0 aliphatic rings. The van der Waals surface area contributed by atoms with Gasteiger partial charge in [0, 0.05) is 6.42 Å². The number of benzene rings is 1. The summed E-state index contributed by atoms with van der Waals surface area (Å²) in [5.74, 6) is -0.486. The summed E-state index contributed by atoms with van der Waals surface area (Å²) in [6.45, 7) is 8.09. The average Bonchev–Trinajstić information content (AvgIpc) is 2.92. The van der Waals surface area contributed by atoms with Crippen LogP contribution in [0.25, 0.3) is 0 Å². The second-order valence-corrected chi connectivity index (χ2v) is 10.1. The lowest BCUT2D eigenvalue weighted by Crippen LogP contribution is -2.17. The van der Waals surface area contributed by atoms with Gasteiger partial charge in [0.25, 0.3) is 5.91 Å². The summed E-state index contributed by atoms with van der Waals surface area (Å²) in [4.78, 5) is 12.6. The van der Waals surface area contributed by atoms with Crippen molar-refractivity contribution in [3.05, 3.63) is 34.8 Å². The number of hydrogen-bond acceptors (Lipinski definition) is 6. The van der Waals surface area contributed by atoms with Crippen molar-refractivity contribution in [3.63, 3.8) is 0 Å². The Bertz CT molecular complexity index is 852. The first-order chi connectivity index (χ1) is 11.6. The summed E-state index contributed by atoms with van der Waals surface area (Å²) in [7, 11) is -3.49. The van der Waals surface area contributed by atoms with E-state index in [2.05, 4.69) is 36.3 Å². The van der Waals surface area contributed by atoms with Crippen molar-refractivity contribution < 1.29 is 13.2 Å². The van der Waals surface area contributed by atoms with Gasteiger partial charge in [0.15, 0.2) is 9.84 Å². The highest BCUT2D eigenvalue weighted by Crippen LogP contribution is 2.25. The van der Waals surface area contributed by atoms with E-state index in [4.69, 9.17) is 0 Å². The maximum atomic E-state index is 12.5. The predicted molar refractivity (Wildman–Crippen MR) is 99.8 cm³/mol. The number of amides is 1. The molecule has 0 fully saturated rings. The van der Waals surface area contributed by atoms with Gasteiger partial charge in [-0.2, -0.15) is 0 Å². The highest BCUT2D eigenvalue weighted by Gasteiger charge is 2.22. The maximum absolute atomic E-state index is 12.5. The van der Waals surface area contributed by atoms with Crippen molar-refractivity contribution in [3.8, 4) is 0 Å². The lowest BCUT2D eigenvalue weighted by atomic mass is 9.93. The number of rotatable bonds is 6. The maximum Gasteiger partial charge on any atom is 0.258 e. The van der Waals surface area contributed by atoms with Crippen molar-refractivity contribution in [2.45, 2.75) is 45.4 Å². The topological polar surface area (TPSA) is 89.0 Å². The molecule has 0 saturated carbocycles. The molecule has 0 unspecified atom stereocenters. The third-order valence-electron chi connectivity index (χ3n) is 3.31. The highest BCUT2D eigenvalue weighted by molar-refractivity contribution is 7.91. The minimum atomic E-state index is -3.49. The van der Waals surface area contributed by atoms with Crippen molar-refractivity contribution in [2.24, 2.45) is 5.41 Å². The van der Waals surface area contributed by atoms with Gasteiger partial charge in [-0.05, 0) is 24.0 Å². The Hall–Kier alpha value is -1.80. The number of sulfone groups is 1. The van der Waals surface area contributed by atoms with Crippen LogP contribution in [0.15, 0.2) is 29.2 Å². The number of anilines is 1. The molecule has 25 heavy (non-hydrogen) atoms. The molecule has 0 atom stereocenters. The van der Waals surface area contributed by atoms with Crippen LogP contribution in [-0.2, 0) is 16.3 Å². The predicted octanol–water partition coefficient (Wildman–Crippen LogP) is 3.56. The van der Waals surface area contributed by atoms with E-state index in [1.54, 1.807) is 19.1 Å². The lowest BCUT2D eigenvalue weighted by Gasteiger charge is -2.14. The van der Waals surface area contributed by atoms with E-state index in [0.717, 1.165) is 11.4 Å². The SMILES string of the molecule is CCCS(=O)(=O)c1ccccc1C(=O)Nc1nnc(CC(C)(C)C)s1. The molecule has 6 nitrogen and oxygen atoms in total. The van der Waals surface area contributed by atoms with Gasteiger partial charge >= 0.3 is 0 Å². The van der Waals surface area contributed by atoms with Crippen molar-refractivity contribution >= 4 is 32.2 Å². The molecular weight excluding hydrogens is 358 g/mol. The van der Waals surface area contributed by atoms with E-state index in [1.165, 1.54) is 23.5 Å². The molecule has 0 saturated heterocycles. The number of carbonyl (C=O) groups is 1. The Morgan fingerprint density at radius 3 is 2.52 bits per heavy atom. The van der Waals surface area contributed by atoms with Gasteiger partial charge in [-0.15, -0.1) is 10.2 Å². The molecule has 1 aromatic carbocycles. The van der Waals surface area contributed by atoms with Crippen LogP contribution in [0.4, 0.5) is 5.13 Å². The van der Waals surface area contributed by atoms with Crippen LogP contribution in [0.5, 0.6) is 0 Å². The van der Waals surface area contributed by atoms with Gasteiger partial charge in [0.1, 0.15) is 5.01 Å². The van der Waals surface area contributed by atoms with Gasteiger partial charge in [-0.25, -0.2) is 8.42 Å². The fourth-order valence-electron chi connectivity index (χ4n) is 2.30. The molecule has 136 valence electrons. The van der Waals surface area contributed by atoms with E-state index < -0.39 is 15.7 Å².